The van der Waals surface area contributed by atoms with Crippen molar-refractivity contribution in [2.24, 2.45) is 0 Å². The SMILES string of the molecule is CC(C)(C)c1ccc(Oc2coc3cc(OCC(O)CN4CCOCC4)ccc3c2=O)cc1. The molecule has 176 valence electrons. The van der Waals surface area contributed by atoms with Crippen LogP contribution in [0.2, 0.25) is 0 Å². The van der Waals surface area contributed by atoms with Gasteiger partial charge in [-0.15, -0.1) is 0 Å². The normalized spacial score (nSPS) is 16.0. The number of fused-ring (bicyclic) bond motifs is 1. The van der Waals surface area contributed by atoms with Crippen LogP contribution in [0.5, 0.6) is 17.2 Å². The zero-order chi connectivity index (χ0) is 23.4. The number of aliphatic hydroxyl groups is 1. The average Bonchev–Trinajstić information content (AvgIpc) is 2.80. The van der Waals surface area contributed by atoms with Crippen LogP contribution in [0, 0.1) is 0 Å². The molecular formula is C26H31NO6. The second kappa shape index (κ2) is 9.95. The molecule has 2 aromatic carbocycles. The quantitative estimate of drug-likeness (QED) is 0.580. The van der Waals surface area contributed by atoms with E-state index in [4.69, 9.17) is 18.6 Å². The molecule has 1 aliphatic heterocycles. The van der Waals surface area contributed by atoms with Gasteiger partial charge in [0.25, 0.3) is 0 Å². The van der Waals surface area contributed by atoms with Crippen LogP contribution in [0.4, 0.5) is 0 Å². The molecule has 0 spiro atoms. The van der Waals surface area contributed by atoms with Crippen molar-refractivity contribution in [2.75, 3.05) is 39.5 Å². The van der Waals surface area contributed by atoms with E-state index in [0.717, 1.165) is 13.1 Å². The number of aliphatic hydroxyl groups excluding tert-OH is 1. The molecule has 1 saturated heterocycles. The number of ether oxygens (including phenoxy) is 3. The summed E-state index contributed by atoms with van der Waals surface area (Å²) in [7, 11) is 0. The van der Waals surface area contributed by atoms with Gasteiger partial charge in [0.05, 0.1) is 18.6 Å². The van der Waals surface area contributed by atoms with Crippen LogP contribution in [0.1, 0.15) is 26.3 Å². The molecule has 1 unspecified atom stereocenters. The molecule has 3 aromatic rings. The molecule has 0 radical (unpaired) electrons. The van der Waals surface area contributed by atoms with Crippen molar-refractivity contribution in [3.05, 3.63) is 64.5 Å². The third kappa shape index (κ3) is 5.93. The third-order valence-corrected chi connectivity index (χ3v) is 5.68. The summed E-state index contributed by atoms with van der Waals surface area (Å²) >= 11 is 0. The number of morpholine rings is 1. The molecule has 4 rings (SSSR count). The molecule has 0 saturated carbocycles. The Kier molecular flexibility index (Phi) is 7.02. The number of rotatable bonds is 7. The first-order chi connectivity index (χ1) is 15.8. The molecular weight excluding hydrogens is 422 g/mol. The molecule has 7 nitrogen and oxygen atoms in total. The summed E-state index contributed by atoms with van der Waals surface area (Å²) < 4.78 is 22.5. The fraction of sp³-hybridized carbons (Fsp3) is 0.423. The number of benzene rings is 2. The molecule has 2 heterocycles. The van der Waals surface area contributed by atoms with Crippen LogP contribution in [-0.2, 0) is 10.2 Å². The maximum absolute atomic E-state index is 12.9. The second-order valence-electron chi connectivity index (χ2n) is 9.34. The van der Waals surface area contributed by atoms with Crippen LogP contribution in [0.25, 0.3) is 11.0 Å². The lowest BCUT2D eigenvalue weighted by Crippen LogP contribution is -2.42. The van der Waals surface area contributed by atoms with Gasteiger partial charge in [-0.3, -0.25) is 9.69 Å². The molecule has 1 aromatic heterocycles. The van der Waals surface area contributed by atoms with Gasteiger partial charge in [-0.1, -0.05) is 32.9 Å². The molecule has 7 heteroatoms. The third-order valence-electron chi connectivity index (χ3n) is 5.68. The summed E-state index contributed by atoms with van der Waals surface area (Å²) in [6.07, 6.45) is 0.700. The number of nitrogens with zero attached hydrogens (tertiary/aromatic N) is 1. The Labute approximate surface area is 193 Å². The Morgan fingerprint density at radius 2 is 1.76 bits per heavy atom. The average molecular weight is 454 g/mol. The largest absolute Gasteiger partial charge is 0.491 e. The fourth-order valence-corrected chi connectivity index (χ4v) is 3.73. The molecule has 1 aliphatic rings. The van der Waals surface area contributed by atoms with Crippen LogP contribution in [0.3, 0.4) is 0 Å². The summed E-state index contributed by atoms with van der Waals surface area (Å²) in [6, 6.07) is 12.7. The van der Waals surface area contributed by atoms with Gasteiger partial charge >= 0.3 is 0 Å². The topological polar surface area (TPSA) is 81.4 Å². The highest BCUT2D eigenvalue weighted by Crippen LogP contribution is 2.27. The predicted octanol–water partition coefficient (Wildman–Crippen LogP) is 3.95. The maximum atomic E-state index is 12.9. The highest BCUT2D eigenvalue weighted by Gasteiger charge is 2.17. The highest BCUT2D eigenvalue weighted by atomic mass is 16.5. The second-order valence-corrected chi connectivity index (χ2v) is 9.34. The van der Waals surface area contributed by atoms with Gasteiger partial charge in [0.1, 0.15) is 36.1 Å². The van der Waals surface area contributed by atoms with E-state index in [-0.39, 0.29) is 23.2 Å². The van der Waals surface area contributed by atoms with Crippen molar-refractivity contribution < 1.29 is 23.7 Å². The Morgan fingerprint density at radius 1 is 1.06 bits per heavy atom. The first-order valence-corrected chi connectivity index (χ1v) is 11.2. The van der Waals surface area contributed by atoms with Crippen molar-refractivity contribution >= 4 is 11.0 Å². The number of β-amino-alcohol motifs (C(OH)–C–C–N with tert-alkyl or cyclic N) is 1. The zero-order valence-electron chi connectivity index (χ0n) is 19.4. The van der Waals surface area contributed by atoms with E-state index in [2.05, 4.69) is 25.7 Å². The summed E-state index contributed by atoms with van der Waals surface area (Å²) in [5.74, 6) is 1.22. The zero-order valence-corrected chi connectivity index (χ0v) is 19.4. The number of hydrogen-bond acceptors (Lipinski definition) is 7. The van der Waals surface area contributed by atoms with E-state index in [0.29, 0.717) is 42.2 Å². The van der Waals surface area contributed by atoms with Crippen molar-refractivity contribution in [1.82, 2.24) is 4.90 Å². The summed E-state index contributed by atoms with van der Waals surface area (Å²) in [5, 5.41) is 10.7. The van der Waals surface area contributed by atoms with Gasteiger partial charge in [-0.25, -0.2) is 0 Å². The van der Waals surface area contributed by atoms with Gasteiger partial charge in [-0.2, -0.15) is 0 Å². The Balaban J connectivity index is 1.41. The van der Waals surface area contributed by atoms with Crippen LogP contribution >= 0.6 is 0 Å². The van der Waals surface area contributed by atoms with E-state index in [9.17, 15) is 9.90 Å². The minimum atomic E-state index is -0.619. The van der Waals surface area contributed by atoms with Gasteiger partial charge in [0, 0.05) is 25.7 Å². The van der Waals surface area contributed by atoms with E-state index in [1.54, 1.807) is 18.2 Å². The fourth-order valence-electron chi connectivity index (χ4n) is 3.73. The summed E-state index contributed by atoms with van der Waals surface area (Å²) in [6.45, 7) is 10.1. The van der Waals surface area contributed by atoms with Crippen molar-refractivity contribution in [3.63, 3.8) is 0 Å². The standard InChI is InChI=1S/C26H31NO6/c1-26(2,3)18-4-6-20(7-5-18)33-24-17-32-23-14-21(8-9-22(23)25(24)29)31-16-19(28)15-27-10-12-30-13-11-27/h4-9,14,17,19,28H,10-13,15-16H2,1-3H3. The van der Waals surface area contributed by atoms with Crippen molar-refractivity contribution in [3.8, 4) is 17.2 Å². The Hall–Kier alpha value is -2.87. The van der Waals surface area contributed by atoms with Gasteiger partial charge < -0.3 is 23.7 Å². The molecule has 1 atom stereocenters. The lowest BCUT2D eigenvalue weighted by atomic mass is 9.87. The molecule has 1 N–H and O–H groups in total. The first kappa shape index (κ1) is 23.3. The van der Waals surface area contributed by atoms with Crippen molar-refractivity contribution in [2.45, 2.75) is 32.3 Å². The smallest absolute Gasteiger partial charge is 0.235 e. The van der Waals surface area contributed by atoms with E-state index < -0.39 is 6.10 Å². The summed E-state index contributed by atoms with van der Waals surface area (Å²) in [4.78, 5) is 15.0. The Bertz CT molecular complexity index is 1130. The molecule has 33 heavy (non-hydrogen) atoms. The van der Waals surface area contributed by atoms with Gasteiger partial charge in [0.15, 0.2) is 0 Å². The summed E-state index contributed by atoms with van der Waals surface area (Å²) in [5.41, 5.74) is 1.37. The van der Waals surface area contributed by atoms with Crippen molar-refractivity contribution in [1.29, 1.82) is 0 Å². The van der Waals surface area contributed by atoms with Crippen LogP contribution in [0.15, 0.2) is 57.9 Å². The molecule has 1 fully saturated rings. The predicted molar refractivity (Wildman–Crippen MR) is 126 cm³/mol. The van der Waals surface area contributed by atoms with E-state index in [1.807, 2.05) is 24.3 Å². The first-order valence-electron chi connectivity index (χ1n) is 11.2. The van der Waals surface area contributed by atoms with Crippen LogP contribution in [-0.4, -0.2) is 55.6 Å². The minimum absolute atomic E-state index is 0.0405. The van der Waals surface area contributed by atoms with Gasteiger partial charge in [-0.05, 0) is 35.2 Å². The lowest BCUT2D eigenvalue weighted by molar-refractivity contribution is 0.00466. The van der Waals surface area contributed by atoms with Gasteiger partial charge in [0.2, 0.25) is 11.2 Å². The molecule has 0 aliphatic carbocycles. The highest BCUT2D eigenvalue weighted by molar-refractivity contribution is 5.79. The van der Waals surface area contributed by atoms with E-state index >= 15 is 0 Å². The molecule has 0 amide bonds. The minimum Gasteiger partial charge on any atom is -0.491 e. The maximum Gasteiger partial charge on any atom is 0.235 e. The monoisotopic (exact) mass is 453 g/mol. The molecule has 0 bridgehead atoms. The number of hydrogen-bond donors (Lipinski definition) is 1. The Morgan fingerprint density at radius 3 is 2.45 bits per heavy atom. The van der Waals surface area contributed by atoms with E-state index in [1.165, 1.54) is 11.8 Å². The van der Waals surface area contributed by atoms with Crippen LogP contribution < -0.4 is 14.9 Å². The lowest BCUT2D eigenvalue weighted by Gasteiger charge is -2.28.